The quantitative estimate of drug-likeness (QED) is 0.733. The average molecular weight is 324 g/mol. The Morgan fingerprint density at radius 3 is 2.92 bits per heavy atom. The van der Waals surface area contributed by atoms with E-state index in [4.69, 9.17) is 9.62 Å². The minimum atomic E-state index is 0.436. The first-order valence-corrected chi connectivity index (χ1v) is 8.71. The highest BCUT2D eigenvalue weighted by molar-refractivity contribution is 5.43. The molecule has 1 fully saturated rings. The van der Waals surface area contributed by atoms with Gasteiger partial charge in [0.15, 0.2) is 11.5 Å². The normalized spacial score (nSPS) is 19.2. The van der Waals surface area contributed by atoms with Crippen LogP contribution in [0.3, 0.4) is 0 Å². The Morgan fingerprint density at radius 2 is 2.08 bits per heavy atom. The maximum Gasteiger partial charge on any atom is 0.178 e. The highest BCUT2D eigenvalue weighted by Gasteiger charge is 2.26. The van der Waals surface area contributed by atoms with Crippen molar-refractivity contribution in [1.29, 1.82) is 0 Å². The molecule has 124 valence electrons. The lowest BCUT2D eigenvalue weighted by molar-refractivity contribution is 0.200. The molecule has 0 aromatic carbocycles. The van der Waals surface area contributed by atoms with Crippen molar-refractivity contribution in [2.45, 2.75) is 44.6 Å². The number of piperidine rings is 1. The van der Waals surface area contributed by atoms with Crippen molar-refractivity contribution >= 4 is 5.65 Å². The number of likely N-dealkylation sites (tertiary alicyclic amines) is 1. The Morgan fingerprint density at radius 1 is 1.17 bits per heavy atom. The van der Waals surface area contributed by atoms with E-state index in [0.717, 1.165) is 62.4 Å². The first kappa shape index (κ1) is 14.1. The van der Waals surface area contributed by atoms with Crippen LogP contribution in [-0.4, -0.2) is 43.0 Å². The topological polar surface area (TPSA) is 72.3 Å². The SMILES string of the molecule is c1nocc1CN1CCC(c2nnc3cc4c(nn23)CCC4)CC1. The average Bonchev–Trinajstić information content (AvgIpc) is 3.34. The molecule has 0 saturated carbocycles. The first-order chi connectivity index (χ1) is 11.9. The maximum atomic E-state index is 4.91. The third-order valence-corrected chi connectivity index (χ3v) is 5.29. The van der Waals surface area contributed by atoms with Crippen molar-refractivity contribution < 1.29 is 4.52 Å². The molecular weight excluding hydrogens is 304 g/mol. The molecule has 7 nitrogen and oxygen atoms in total. The summed E-state index contributed by atoms with van der Waals surface area (Å²) in [5, 5.41) is 17.4. The molecule has 1 saturated heterocycles. The molecule has 0 atom stereocenters. The maximum absolute atomic E-state index is 4.91. The third-order valence-electron chi connectivity index (χ3n) is 5.29. The van der Waals surface area contributed by atoms with Crippen LogP contribution in [0.15, 0.2) is 23.0 Å². The number of nitrogens with zero attached hydrogens (tertiary/aromatic N) is 6. The number of hydrogen-bond donors (Lipinski definition) is 0. The van der Waals surface area contributed by atoms with Crippen molar-refractivity contribution in [3.63, 3.8) is 0 Å². The van der Waals surface area contributed by atoms with Gasteiger partial charge in [0.25, 0.3) is 0 Å². The van der Waals surface area contributed by atoms with E-state index in [0.29, 0.717) is 5.92 Å². The summed E-state index contributed by atoms with van der Waals surface area (Å²) in [6.45, 7) is 3.01. The summed E-state index contributed by atoms with van der Waals surface area (Å²) < 4.78 is 6.90. The number of rotatable bonds is 3. The van der Waals surface area contributed by atoms with Gasteiger partial charge in [-0.05, 0) is 56.8 Å². The number of hydrogen-bond acceptors (Lipinski definition) is 6. The molecule has 7 heteroatoms. The Balaban J connectivity index is 1.34. The molecule has 5 rings (SSSR count). The standard InChI is InChI=1S/C17H20N6O/c1-2-14-8-16-19-20-17(23(16)21-15(14)3-1)13-4-6-22(7-5-13)10-12-9-18-24-11-12/h8-9,11,13H,1-7,10H2. The molecule has 24 heavy (non-hydrogen) atoms. The Hall–Kier alpha value is -2.28. The van der Waals surface area contributed by atoms with Gasteiger partial charge in [-0.3, -0.25) is 4.90 Å². The van der Waals surface area contributed by atoms with Crippen LogP contribution in [-0.2, 0) is 19.4 Å². The summed E-state index contributed by atoms with van der Waals surface area (Å²) in [6, 6.07) is 2.17. The summed E-state index contributed by atoms with van der Waals surface area (Å²) in [4.78, 5) is 2.44. The van der Waals surface area contributed by atoms with Gasteiger partial charge in [0.05, 0.1) is 11.9 Å². The van der Waals surface area contributed by atoms with E-state index in [1.54, 1.807) is 12.5 Å². The van der Waals surface area contributed by atoms with Crippen molar-refractivity contribution in [1.82, 2.24) is 29.9 Å². The van der Waals surface area contributed by atoms with Crippen LogP contribution >= 0.6 is 0 Å². The molecule has 0 bridgehead atoms. The molecule has 0 radical (unpaired) electrons. The van der Waals surface area contributed by atoms with E-state index in [1.165, 1.54) is 17.7 Å². The van der Waals surface area contributed by atoms with Crippen molar-refractivity contribution in [2.75, 3.05) is 13.1 Å². The molecule has 3 aromatic heterocycles. The van der Waals surface area contributed by atoms with Gasteiger partial charge < -0.3 is 4.52 Å². The molecule has 2 aliphatic rings. The zero-order chi connectivity index (χ0) is 15.9. The Labute approximate surface area is 139 Å². The minimum absolute atomic E-state index is 0.436. The summed E-state index contributed by atoms with van der Waals surface area (Å²) in [6.07, 6.45) is 9.11. The largest absolute Gasteiger partial charge is 0.364 e. The first-order valence-electron chi connectivity index (χ1n) is 8.71. The van der Waals surface area contributed by atoms with Crippen molar-refractivity contribution in [3.8, 4) is 0 Å². The molecule has 1 aliphatic carbocycles. The molecule has 3 aromatic rings. The van der Waals surface area contributed by atoms with Crippen LogP contribution in [0.25, 0.3) is 5.65 Å². The van der Waals surface area contributed by atoms with E-state index in [1.807, 2.05) is 4.52 Å². The van der Waals surface area contributed by atoms with Gasteiger partial charge in [-0.1, -0.05) is 5.16 Å². The molecule has 1 aliphatic heterocycles. The van der Waals surface area contributed by atoms with Crippen LogP contribution in [0, 0.1) is 0 Å². The predicted molar refractivity (Wildman–Crippen MR) is 86.6 cm³/mol. The molecule has 0 spiro atoms. The van der Waals surface area contributed by atoms with Crippen LogP contribution in [0.2, 0.25) is 0 Å². The predicted octanol–water partition coefficient (Wildman–Crippen LogP) is 1.98. The van der Waals surface area contributed by atoms with E-state index < -0.39 is 0 Å². The fraction of sp³-hybridized carbons (Fsp3) is 0.529. The lowest BCUT2D eigenvalue weighted by atomic mass is 9.96. The second-order valence-electron chi connectivity index (χ2n) is 6.88. The molecule has 4 heterocycles. The monoisotopic (exact) mass is 324 g/mol. The van der Waals surface area contributed by atoms with Gasteiger partial charge in [-0.25, -0.2) is 0 Å². The highest BCUT2D eigenvalue weighted by atomic mass is 16.5. The van der Waals surface area contributed by atoms with Crippen molar-refractivity contribution in [2.24, 2.45) is 0 Å². The number of aryl methyl sites for hydroxylation is 2. The Kier molecular flexibility index (Phi) is 3.33. The third kappa shape index (κ3) is 2.39. The molecule has 0 unspecified atom stereocenters. The lowest BCUT2D eigenvalue weighted by Crippen LogP contribution is -2.33. The molecular formula is C17H20N6O. The lowest BCUT2D eigenvalue weighted by Gasteiger charge is -2.30. The van der Waals surface area contributed by atoms with Crippen LogP contribution in [0.4, 0.5) is 0 Å². The second kappa shape index (κ2) is 5.66. The van der Waals surface area contributed by atoms with E-state index in [-0.39, 0.29) is 0 Å². The second-order valence-corrected chi connectivity index (χ2v) is 6.88. The molecule has 0 amide bonds. The van der Waals surface area contributed by atoms with Crippen LogP contribution in [0.1, 0.15) is 47.8 Å². The van der Waals surface area contributed by atoms with Crippen LogP contribution < -0.4 is 0 Å². The van der Waals surface area contributed by atoms with Gasteiger partial charge in [-0.15, -0.1) is 10.2 Å². The summed E-state index contributed by atoms with van der Waals surface area (Å²) >= 11 is 0. The van der Waals surface area contributed by atoms with Gasteiger partial charge in [0.1, 0.15) is 6.26 Å². The van der Waals surface area contributed by atoms with Gasteiger partial charge in [0, 0.05) is 18.0 Å². The van der Waals surface area contributed by atoms with Crippen LogP contribution in [0.5, 0.6) is 0 Å². The number of fused-ring (bicyclic) bond motifs is 2. The van der Waals surface area contributed by atoms with E-state index in [9.17, 15) is 0 Å². The molecule has 0 N–H and O–H groups in total. The zero-order valence-corrected chi connectivity index (χ0v) is 13.6. The number of aromatic nitrogens is 5. The van der Waals surface area contributed by atoms with Gasteiger partial charge >= 0.3 is 0 Å². The highest BCUT2D eigenvalue weighted by Crippen LogP contribution is 2.29. The summed E-state index contributed by atoms with van der Waals surface area (Å²) in [5.74, 6) is 1.47. The smallest absolute Gasteiger partial charge is 0.178 e. The summed E-state index contributed by atoms with van der Waals surface area (Å²) in [7, 11) is 0. The van der Waals surface area contributed by atoms with E-state index in [2.05, 4.69) is 26.3 Å². The van der Waals surface area contributed by atoms with Gasteiger partial charge in [-0.2, -0.15) is 9.61 Å². The fourth-order valence-corrected chi connectivity index (χ4v) is 3.96. The zero-order valence-electron chi connectivity index (χ0n) is 13.6. The fourth-order valence-electron chi connectivity index (χ4n) is 3.96. The Bertz CT molecular complexity index is 847. The van der Waals surface area contributed by atoms with Crippen molar-refractivity contribution in [3.05, 3.63) is 41.2 Å². The minimum Gasteiger partial charge on any atom is -0.364 e. The van der Waals surface area contributed by atoms with Gasteiger partial charge in [0.2, 0.25) is 0 Å². The van der Waals surface area contributed by atoms with E-state index >= 15 is 0 Å². The summed E-state index contributed by atoms with van der Waals surface area (Å²) in [5.41, 5.74) is 4.62.